The molecule has 1 aliphatic carbocycles. The van der Waals surface area contributed by atoms with Gasteiger partial charge < -0.3 is 15.3 Å². The molecule has 0 aliphatic heterocycles. The van der Waals surface area contributed by atoms with Gasteiger partial charge in [0.1, 0.15) is 5.60 Å². The summed E-state index contributed by atoms with van der Waals surface area (Å²) in [5, 5.41) is 14.5. The number of aromatic nitrogens is 1. The Morgan fingerprint density at radius 1 is 1.26 bits per heavy atom. The van der Waals surface area contributed by atoms with Gasteiger partial charge >= 0.3 is 0 Å². The molecule has 122 valence electrons. The molecule has 0 saturated carbocycles. The summed E-state index contributed by atoms with van der Waals surface area (Å²) in [7, 11) is 4.06. The third-order valence-corrected chi connectivity index (χ3v) is 4.65. The molecule has 4 nitrogen and oxygen atoms in total. The van der Waals surface area contributed by atoms with Gasteiger partial charge in [0.05, 0.1) is 0 Å². The maximum absolute atomic E-state index is 11.1. The Morgan fingerprint density at radius 2 is 2.09 bits per heavy atom. The third kappa shape index (κ3) is 3.38. The second kappa shape index (κ2) is 6.69. The normalized spacial score (nSPS) is 20.1. The maximum Gasteiger partial charge on any atom is 0.102 e. The Hall–Kier alpha value is -1.91. The van der Waals surface area contributed by atoms with Gasteiger partial charge in [0.25, 0.3) is 0 Å². The van der Waals surface area contributed by atoms with Crippen molar-refractivity contribution in [2.45, 2.75) is 31.4 Å². The zero-order valence-electron chi connectivity index (χ0n) is 13.9. The molecule has 4 heteroatoms. The van der Waals surface area contributed by atoms with E-state index in [2.05, 4.69) is 33.4 Å². The van der Waals surface area contributed by atoms with E-state index in [9.17, 15) is 5.11 Å². The zero-order valence-corrected chi connectivity index (χ0v) is 13.9. The van der Waals surface area contributed by atoms with Gasteiger partial charge in [0.15, 0.2) is 0 Å². The summed E-state index contributed by atoms with van der Waals surface area (Å²) in [5.74, 6) is 0. The highest BCUT2D eigenvalue weighted by atomic mass is 16.3. The van der Waals surface area contributed by atoms with Crippen LogP contribution in [0.1, 0.15) is 29.5 Å². The standard InChI is InChI=1S/C19H25N3O/c1-22(2)18-9-11-20-12-16(18)13-21-14-19(23)10-5-7-15-6-3-4-8-17(15)19/h3-4,6,8-9,11-12,21,23H,5,7,10,13-14H2,1-2H3. The molecule has 0 bridgehead atoms. The summed E-state index contributed by atoms with van der Waals surface area (Å²) < 4.78 is 0. The molecule has 2 N–H and O–H groups in total. The molecule has 0 radical (unpaired) electrons. The predicted molar refractivity (Wildman–Crippen MR) is 93.5 cm³/mol. The molecule has 3 rings (SSSR count). The van der Waals surface area contributed by atoms with Gasteiger partial charge in [-0.2, -0.15) is 0 Å². The lowest BCUT2D eigenvalue weighted by molar-refractivity contribution is 0.0189. The Labute approximate surface area is 138 Å². The Morgan fingerprint density at radius 3 is 2.91 bits per heavy atom. The predicted octanol–water partition coefficient (Wildman–Crippen LogP) is 2.46. The smallest absolute Gasteiger partial charge is 0.102 e. The van der Waals surface area contributed by atoms with E-state index < -0.39 is 5.60 Å². The van der Waals surface area contributed by atoms with Crippen molar-refractivity contribution in [3.8, 4) is 0 Å². The fraction of sp³-hybridized carbons (Fsp3) is 0.421. The first kappa shape index (κ1) is 16.0. The van der Waals surface area contributed by atoms with Crippen LogP contribution in [0, 0.1) is 0 Å². The van der Waals surface area contributed by atoms with E-state index in [1.165, 1.54) is 5.56 Å². The molecule has 1 aromatic heterocycles. The lowest BCUT2D eigenvalue weighted by atomic mass is 9.79. The Kier molecular flexibility index (Phi) is 4.64. The number of anilines is 1. The average molecular weight is 311 g/mol. The fourth-order valence-corrected chi connectivity index (χ4v) is 3.48. The average Bonchev–Trinajstić information content (AvgIpc) is 2.55. The van der Waals surface area contributed by atoms with Gasteiger partial charge in [-0.05, 0) is 36.5 Å². The SMILES string of the molecule is CN(C)c1ccncc1CNCC1(O)CCCc2ccccc21. The van der Waals surface area contributed by atoms with Gasteiger partial charge in [0.2, 0.25) is 0 Å². The van der Waals surface area contributed by atoms with Crippen LogP contribution < -0.4 is 10.2 Å². The topological polar surface area (TPSA) is 48.4 Å². The van der Waals surface area contributed by atoms with E-state index in [0.29, 0.717) is 13.1 Å². The minimum Gasteiger partial charge on any atom is -0.384 e. The minimum atomic E-state index is -0.769. The molecule has 1 aromatic carbocycles. The van der Waals surface area contributed by atoms with Crippen LogP contribution in [0.2, 0.25) is 0 Å². The molecule has 0 saturated heterocycles. The molecule has 23 heavy (non-hydrogen) atoms. The van der Waals surface area contributed by atoms with Gasteiger partial charge in [0, 0.05) is 50.8 Å². The van der Waals surface area contributed by atoms with Crippen LogP contribution in [0.4, 0.5) is 5.69 Å². The van der Waals surface area contributed by atoms with E-state index >= 15 is 0 Å². The molecule has 0 fully saturated rings. The number of pyridine rings is 1. The highest BCUT2D eigenvalue weighted by Gasteiger charge is 2.33. The molecular formula is C19H25N3O. The van der Waals surface area contributed by atoms with Gasteiger partial charge in [-0.15, -0.1) is 0 Å². The second-order valence-electron chi connectivity index (χ2n) is 6.54. The molecule has 0 spiro atoms. The van der Waals surface area contributed by atoms with Crippen molar-refractivity contribution in [2.75, 3.05) is 25.5 Å². The summed E-state index contributed by atoms with van der Waals surface area (Å²) in [5.41, 5.74) is 3.89. The number of benzene rings is 1. The Balaban J connectivity index is 1.70. The lowest BCUT2D eigenvalue weighted by Crippen LogP contribution is -2.40. The van der Waals surface area contributed by atoms with Gasteiger partial charge in [-0.25, -0.2) is 0 Å². The number of nitrogens with one attached hydrogen (secondary N) is 1. The number of rotatable bonds is 5. The highest BCUT2D eigenvalue weighted by molar-refractivity contribution is 5.50. The second-order valence-corrected chi connectivity index (χ2v) is 6.54. The number of aryl methyl sites for hydroxylation is 1. The number of hydrogen-bond acceptors (Lipinski definition) is 4. The third-order valence-electron chi connectivity index (χ3n) is 4.65. The van der Waals surface area contributed by atoms with Crippen LogP contribution in [0.3, 0.4) is 0 Å². The number of aliphatic hydroxyl groups is 1. The van der Waals surface area contributed by atoms with Crippen molar-refractivity contribution >= 4 is 5.69 Å². The van der Waals surface area contributed by atoms with Gasteiger partial charge in [-0.3, -0.25) is 4.98 Å². The summed E-state index contributed by atoms with van der Waals surface area (Å²) in [6.45, 7) is 1.26. The van der Waals surface area contributed by atoms with Crippen LogP contribution in [0.5, 0.6) is 0 Å². The maximum atomic E-state index is 11.1. The van der Waals surface area contributed by atoms with Crippen molar-refractivity contribution in [2.24, 2.45) is 0 Å². The summed E-state index contributed by atoms with van der Waals surface area (Å²) >= 11 is 0. The summed E-state index contributed by atoms with van der Waals surface area (Å²) in [6, 6.07) is 10.3. The summed E-state index contributed by atoms with van der Waals surface area (Å²) in [4.78, 5) is 6.30. The Bertz CT molecular complexity index is 671. The highest BCUT2D eigenvalue weighted by Crippen LogP contribution is 2.34. The fourth-order valence-electron chi connectivity index (χ4n) is 3.48. The van der Waals surface area contributed by atoms with Crippen LogP contribution in [0.15, 0.2) is 42.7 Å². The number of fused-ring (bicyclic) bond motifs is 1. The van der Waals surface area contributed by atoms with Crippen molar-refractivity contribution in [1.29, 1.82) is 0 Å². The number of hydrogen-bond donors (Lipinski definition) is 2. The van der Waals surface area contributed by atoms with E-state index in [1.54, 1.807) is 0 Å². The lowest BCUT2D eigenvalue weighted by Gasteiger charge is -2.35. The first-order valence-electron chi connectivity index (χ1n) is 8.22. The largest absolute Gasteiger partial charge is 0.384 e. The van der Waals surface area contributed by atoms with E-state index in [4.69, 9.17) is 0 Å². The van der Waals surface area contributed by atoms with Crippen molar-refractivity contribution < 1.29 is 5.11 Å². The van der Waals surface area contributed by atoms with Crippen LogP contribution >= 0.6 is 0 Å². The molecule has 1 aliphatic rings. The molecule has 1 unspecified atom stereocenters. The number of nitrogens with zero attached hydrogens (tertiary/aromatic N) is 2. The first-order valence-corrected chi connectivity index (χ1v) is 8.22. The molecule has 1 atom stereocenters. The minimum absolute atomic E-state index is 0.561. The molecular weight excluding hydrogens is 286 g/mol. The monoisotopic (exact) mass is 311 g/mol. The van der Waals surface area contributed by atoms with E-state index in [0.717, 1.165) is 36.1 Å². The van der Waals surface area contributed by atoms with E-state index in [-0.39, 0.29) is 0 Å². The van der Waals surface area contributed by atoms with Crippen molar-refractivity contribution in [1.82, 2.24) is 10.3 Å². The zero-order chi connectivity index (χ0) is 16.3. The molecule has 1 heterocycles. The quantitative estimate of drug-likeness (QED) is 0.890. The first-order chi connectivity index (χ1) is 11.1. The van der Waals surface area contributed by atoms with Crippen LogP contribution in [-0.4, -0.2) is 30.7 Å². The van der Waals surface area contributed by atoms with E-state index in [1.807, 2.05) is 38.6 Å². The summed E-state index contributed by atoms with van der Waals surface area (Å²) in [6.07, 6.45) is 6.60. The van der Waals surface area contributed by atoms with Crippen LogP contribution in [0.25, 0.3) is 0 Å². The van der Waals surface area contributed by atoms with Crippen LogP contribution in [-0.2, 0) is 18.6 Å². The molecule has 0 amide bonds. The molecule has 2 aromatic rings. The van der Waals surface area contributed by atoms with Gasteiger partial charge in [-0.1, -0.05) is 24.3 Å². The van der Waals surface area contributed by atoms with Crippen molar-refractivity contribution in [3.63, 3.8) is 0 Å². The van der Waals surface area contributed by atoms with Crippen molar-refractivity contribution in [3.05, 3.63) is 59.4 Å².